The summed E-state index contributed by atoms with van der Waals surface area (Å²) in [5, 5.41) is 11.3. The molecular weight excluding hydrogens is 178 g/mol. The van der Waals surface area contributed by atoms with Crippen LogP contribution < -0.4 is 0 Å². The van der Waals surface area contributed by atoms with Crippen LogP contribution in [0.3, 0.4) is 0 Å². The van der Waals surface area contributed by atoms with Gasteiger partial charge in [-0.3, -0.25) is 4.79 Å². The second-order valence-corrected chi connectivity index (χ2v) is 3.44. The SMILES string of the molecule is O=C1CCCc2cc(C=NO)ccc21. The van der Waals surface area contributed by atoms with Gasteiger partial charge in [0.1, 0.15) is 0 Å². The highest BCUT2D eigenvalue weighted by Crippen LogP contribution is 2.21. The van der Waals surface area contributed by atoms with Crippen LogP contribution in [0.1, 0.15) is 34.3 Å². The smallest absolute Gasteiger partial charge is 0.163 e. The lowest BCUT2D eigenvalue weighted by Crippen LogP contribution is -2.10. The Hall–Kier alpha value is -1.64. The molecule has 0 saturated carbocycles. The third-order valence-electron chi connectivity index (χ3n) is 2.49. The first-order valence-electron chi connectivity index (χ1n) is 4.65. The van der Waals surface area contributed by atoms with Gasteiger partial charge in [0.25, 0.3) is 0 Å². The Balaban J connectivity index is 2.43. The van der Waals surface area contributed by atoms with Gasteiger partial charge in [0.05, 0.1) is 6.21 Å². The lowest BCUT2D eigenvalue weighted by molar-refractivity contribution is 0.0972. The van der Waals surface area contributed by atoms with Crippen molar-refractivity contribution in [3.63, 3.8) is 0 Å². The average molecular weight is 189 g/mol. The fourth-order valence-electron chi connectivity index (χ4n) is 1.81. The van der Waals surface area contributed by atoms with Crippen molar-refractivity contribution >= 4 is 12.0 Å². The van der Waals surface area contributed by atoms with Crippen LogP contribution in [0, 0.1) is 0 Å². The summed E-state index contributed by atoms with van der Waals surface area (Å²) in [5.74, 6) is 0.221. The Kier molecular flexibility index (Phi) is 2.31. The quantitative estimate of drug-likeness (QED) is 0.417. The predicted molar refractivity (Wildman–Crippen MR) is 53.1 cm³/mol. The number of nitrogens with zero attached hydrogens (tertiary/aromatic N) is 1. The molecule has 1 aromatic carbocycles. The second kappa shape index (κ2) is 3.62. The molecule has 0 spiro atoms. The molecule has 1 aromatic rings. The van der Waals surface area contributed by atoms with Crippen LogP contribution in [-0.4, -0.2) is 17.2 Å². The summed E-state index contributed by atoms with van der Waals surface area (Å²) < 4.78 is 0. The van der Waals surface area contributed by atoms with E-state index in [1.165, 1.54) is 6.21 Å². The fourth-order valence-corrected chi connectivity index (χ4v) is 1.81. The summed E-state index contributed by atoms with van der Waals surface area (Å²) in [6.45, 7) is 0. The summed E-state index contributed by atoms with van der Waals surface area (Å²) >= 11 is 0. The maximum atomic E-state index is 11.5. The number of carbonyl (C=O) groups is 1. The first-order valence-corrected chi connectivity index (χ1v) is 4.65. The molecule has 0 unspecified atom stereocenters. The number of hydrogen-bond acceptors (Lipinski definition) is 3. The lowest BCUT2D eigenvalue weighted by Gasteiger charge is -2.14. The van der Waals surface area contributed by atoms with E-state index in [0.29, 0.717) is 6.42 Å². The molecule has 0 bridgehead atoms. The summed E-state index contributed by atoms with van der Waals surface area (Å²) in [5.41, 5.74) is 2.73. The van der Waals surface area contributed by atoms with E-state index in [2.05, 4.69) is 5.16 Å². The third kappa shape index (κ3) is 1.53. The van der Waals surface area contributed by atoms with Gasteiger partial charge in [-0.15, -0.1) is 0 Å². The molecule has 1 aliphatic rings. The number of fused-ring (bicyclic) bond motifs is 1. The van der Waals surface area contributed by atoms with Gasteiger partial charge in [-0.2, -0.15) is 0 Å². The summed E-state index contributed by atoms with van der Waals surface area (Å²) in [6.07, 6.45) is 3.89. The van der Waals surface area contributed by atoms with E-state index in [1.54, 1.807) is 6.07 Å². The molecule has 0 radical (unpaired) electrons. The topological polar surface area (TPSA) is 49.7 Å². The van der Waals surface area contributed by atoms with Crippen LogP contribution in [0.25, 0.3) is 0 Å². The highest BCUT2D eigenvalue weighted by Gasteiger charge is 2.16. The Morgan fingerprint density at radius 2 is 2.21 bits per heavy atom. The van der Waals surface area contributed by atoms with Gasteiger partial charge in [0.15, 0.2) is 5.78 Å². The van der Waals surface area contributed by atoms with Crippen LogP contribution in [-0.2, 0) is 6.42 Å². The normalized spacial score (nSPS) is 15.9. The maximum Gasteiger partial charge on any atom is 0.163 e. The van der Waals surface area contributed by atoms with Crippen molar-refractivity contribution in [1.29, 1.82) is 0 Å². The molecule has 0 atom stereocenters. The summed E-state index contributed by atoms with van der Waals surface area (Å²) in [6, 6.07) is 5.52. The van der Waals surface area contributed by atoms with E-state index >= 15 is 0 Å². The van der Waals surface area contributed by atoms with Crippen LogP contribution >= 0.6 is 0 Å². The molecule has 0 aromatic heterocycles. The molecule has 0 aliphatic heterocycles. The van der Waals surface area contributed by atoms with Crippen LogP contribution in [0.4, 0.5) is 0 Å². The van der Waals surface area contributed by atoms with E-state index in [9.17, 15) is 4.79 Å². The van der Waals surface area contributed by atoms with Crippen molar-refractivity contribution in [3.05, 3.63) is 34.9 Å². The molecule has 0 fully saturated rings. The number of rotatable bonds is 1. The number of hydrogen-bond donors (Lipinski definition) is 1. The molecule has 0 heterocycles. The van der Waals surface area contributed by atoms with Crippen molar-refractivity contribution in [2.45, 2.75) is 19.3 Å². The number of aryl methyl sites for hydroxylation is 1. The summed E-state index contributed by atoms with van der Waals surface area (Å²) in [7, 11) is 0. The summed E-state index contributed by atoms with van der Waals surface area (Å²) in [4.78, 5) is 11.5. The number of ketones is 1. The Labute approximate surface area is 82.1 Å². The Morgan fingerprint density at radius 1 is 1.36 bits per heavy atom. The Bertz CT molecular complexity index is 396. The van der Waals surface area contributed by atoms with Crippen molar-refractivity contribution in [2.24, 2.45) is 5.16 Å². The minimum atomic E-state index is 0.221. The van der Waals surface area contributed by atoms with E-state index in [-0.39, 0.29) is 5.78 Å². The first kappa shape index (κ1) is 8.94. The molecule has 3 nitrogen and oxygen atoms in total. The third-order valence-corrected chi connectivity index (χ3v) is 2.49. The molecule has 3 heteroatoms. The van der Waals surface area contributed by atoms with E-state index in [0.717, 1.165) is 29.5 Å². The molecular formula is C11H11NO2. The highest BCUT2D eigenvalue weighted by atomic mass is 16.4. The minimum absolute atomic E-state index is 0.221. The second-order valence-electron chi connectivity index (χ2n) is 3.44. The van der Waals surface area contributed by atoms with Gasteiger partial charge >= 0.3 is 0 Å². The van der Waals surface area contributed by atoms with Crippen LogP contribution in [0.2, 0.25) is 0 Å². The van der Waals surface area contributed by atoms with Gasteiger partial charge in [-0.1, -0.05) is 17.3 Å². The number of carbonyl (C=O) groups excluding carboxylic acids is 1. The van der Waals surface area contributed by atoms with Crippen LogP contribution in [0.5, 0.6) is 0 Å². The molecule has 0 saturated heterocycles. The van der Waals surface area contributed by atoms with Gasteiger partial charge in [0.2, 0.25) is 0 Å². The van der Waals surface area contributed by atoms with Crippen molar-refractivity contribution in [3.8, 4) is 0 Å². The molecule has 1 N–H and O–H groups in total. The van der Waals surface area contributed by atoms with E-state index in [1.807, 2.05) is 12.1 Å². The van der Waals surface area contributed by atoms with Gasteiger partial charge in [0, 0.05) is 12.0 Å². The fraction of sp³-hybridized carbons (Fsp3) is 0.273. The highest BCUT2D eigenvalue weighted by molar-refractivity contribution is 5.99. The number of Topliss-reactive ketones (excluding diaryl/α,β-unsaturated/α-hetero) is 1. The zero-order valence-electron chi connectivity index (χ0n) is 7.73. The van der Waals surface area contributed by atoms with Gasteiger partial charge < -0.3 is 5.21 Å². The zero-order chi connectivity index (χ0) is 9.97. The number of oxime groups is 1. The Morgan fingerprint density at radius 3 is 3.00 bits per heavy atom. The van der Waals surface area contributed by atoms with E-state index < -0.39 is 0 Å². The van der Waals surface area contributed by atoms with Crippen molar-refractivity contribution < 1.29 is 10.0 Å². The van der Waals surface area contributed by atoms with Crippen molar-refractivity contribution in [2.75, 3.05) is 0 Å². The average Bonchev–Trinajstić information content (AvgIpc) is 2.18. The predicted octanol–water partition coefficient (Wildman–Crippen LogP) is 2.01. The molecule has 14 heavy (non-hydrogen) atoms. The lowest BCUT2D eigenvalue weighted by atomic mass is 9.89. The monoisotopic (exact) mass is 189 g/mol. The maximum absolute atomic E-state index is 11.5. The largest absolute Gasteiger partial charge is 0.411 e. The zero-order valence-corrected chi connectivity index (χ0v) is 7.73. The van der Waals surface area contributed by atoms with E-state index in [4.69, 9.17) is 5.21 Å². The molecule has 72 valence electrons. The van der Waals surface area contributed by atoms with Gasteiger partial charge in [-0.25, -0.2) is 0 Å². The minimum Gasteiger partial charge on any atom is -0.411 e. The molecule has 0 amide bonds. The molecule has 2 rings (SSSR count). The van der Waals surface area contributed by atoms with Gasteiger partial charge in [-0.05, 0) is 30.0 Å². The first-order chi connectivity index (χ1) is 6.81. The van der Waals surface area contributed by atoms with Crippen molar-refractivity contribution in [1.82, 2.24) is 0 Å². The standard InChI is InChI=1S/C11H11NO2/c13-11-3-1-2-9-6-8(7-12-14)4-5-10(9)11/h4-7,14H,1-3H2. The molecule has 1 aliphatic carbocycles. The van der Waals surface area contributed by atoms with Crippen LogP contribution in [0.15, 0.2) is 23.4 Å². The number of benzene rings is 1.